The van der Waals surface area contributed by atoms with Crippen LogP contribution in [0, 0.1) is 5.92 Å². The topological polar surface area (TPSA) is 27.7 Å². The molecule has 23 heavy (non-hydrogen) atoms. The Bertz CT molecular complexity index is 570. The molecule has 2 aliphatic heterocycles. The highest BCUT2D eigenvalue weighted by atomic mass is 16.6. The van der Waals surface area contributed by atoms with E-state index in [9.17, 15) is 0 Å². The van der Waals surface area contributed by atoms with Crippen LogP contribution in [0.1, 0.15) is 37.7 Å². The molecule has 0 aromatic heterocycles. The van der Waals surface area contributed by atoms with Gasteiger partial charge in [0.1, 0.15) is 5.60 Å². The molecule has 4 rings (SSSR count). The summed E-state index contributed by atoms with van der Waals surface area (Å²) in [7, 11) is 1.75. The normalized spacial score (nSPS) is 38.5. The predicted octanol–water partition coefficient (Wildman–Crippen LogP) is 3.88. The first-order chi connectivity index (χ1) is 11.3. The molecule has 1 aromatic rings. The largest absolute Gasteiger partial charge is 0.381 e. The van der Waals surface area contributed by atoms with Crippen LogP contribution in [0.3, 0.4) is 0 Å². The van der Waals surface area contributed by atoms with Crippen molar-refractivity contribution >= 4 is 0 Å². The van der Waals surface area contributed by atoms with Crippen LogP contribution in [0.4, 0.5) is 0 Å². The predicted molar refractivity (Wildman–Crippen MR) is 89.2 cm³/mol. The van der Waals surface area contributed by atoms with E-state index < -0.39 is 5.60 Å². The lowest BCUT2D eigenvalue weighted by Gasteiger charge is -2.44. The maximum atomic E-state index is 6.68. The highest BCUT2D eigenvalue weighted by molar-refractivity contribution is 5.24. The maximum Gasteiger partial charge on any atom is 0.136 e. The zero-order valence-electron chi connectivity index (χ0n) is 13.9. The Morgan fingerprint density at radius 1 is 1.22 bits per heavy atom. The molecule has 2 fully saturated rings. The lowest BCUT2D eigenvalue weighted by Crippen LogP contribution is -2.49. The van der Waals surface area contributed by atoms with E-state index in [1.54, 1.807) is 7.11 Å². The van der Waals surface area contributed by atoms with Gasteiger partial charge in [0.25, 0.3) is 0 Å². The van der Waals surface area contributed by atoms with E-state index in [1.165, 1.54) is 24.8 Å². The summed E-state index contributed by atoms with van der Waals surface area (Å²) in [5.41, 5.74) is 0.785. The number of hydrogen-bond donors (Lipinski definition) is 0. The van der Waals surface area contributed by atoms with Gasteiger partial charge in [-0.25, -0.2) is 0 Å². The van der Waals surface area contributed by atoms with E-state index in [1.807, 2.05) is 6.07 Å². The number of hydrogen-bond acceptors (Lipinski definition) is 3. The fourth-order valence-corrected chi connectivity index (χ4v) is 4.65. The minimum absolute atomic E-state index is 0.0209. The molecule has 0 amide bonds. The van der Waals surface area contributed by atoms with Crippen molar-refractivity contribution in [3.63, 3.8) is 0 Å². The molecule has 1 unspecified atom stereocenters. The molecule has 2 bridgehead atoms. The summed E-state index contributed by atoms with van der Waals surface area (Å²) < 4.78 is 18.5. The van der Waals surface area contributed by atoms with Gasteiger partial charge in [0.15, 0.2) is 0 Å². The Labute approximate surface area is 138 Å². The zero-order chi connectivity index (χ0) is 15.8. The van der Waals surface area contributed by atoms with Crippen molar-refractivity contribution in [3.8, 4) is 0 Å². The summed E-state index contributed by atoms with van der Waals surface area (Å²) in [5.74, 6) is 0.548. The summed E-state index contributed by atoms with van der Waals surface area (Å²) in [6.45, 7) is 1.20. The maximum absolute atomic E-state index is 6.68. The van der Waals surface area contributed by atoms with Crippen LogP contribution in [0.2, 0.25) is 0 Å². The molecule has 2 heterocycles. The molecule has 1 saturated heterocycles. The minimum atomic E-state index is -0.405. The van der Waals surface area contributed by atoms with Crippen LogP contribution in [0.15, 0.2) is 42.5 Å². The first kappa shape index (κ1) is 15.4. The van der Waals surface area contributed by atoms with Gasteiger partial charge in [-0.15, -0.1) is 0 Å². The van der Waals surface area contributed by atoms with Crippen LogP contribution in [0.25, 0.3) is 0 Å². The standard InChI is InChI=1S/C20H26O3/c1-21-15-20-12-10-17-9-5-6-11-19(17,23-20)13-18(20)22-14-16-7-3-2-4-8-16/h2-4,7-8,10,12,17-18H,5-6,9,11,13-15H2,1H3/t17?,18-,19+,20-/m1/s1. The Balaban J connectivity index is 1.55. The molecule has 4 atom stereocenters. The summed E-state index contributed by atoms with van der Waals surface area (Å²) in [5, 5.41) is 0. The van der Waals surface area contributed by atoms with Crippen molar-refractivity contribution in [3.05, 3.63) is 48.0 Å². The second-order valence-electron chi connectivity index (χ2n) is 7.26. The van der Waals surface area contributed by atoms with Gasteiger partial charge in [-0.05, 0) is 18.4 Å². The molecule has 124 valence electrons. The van der Waals surface area contributed by atoms with Crippen molar-refractivity contribution in [1.29, 1.82) is 0 Å². The first-order valence-electron chi connectivity index (χ1n) is 8.80. The number of methoxy groups -OCH3 is 1. The second kappa shape index (κ2) is 6.04. The molecule has 0 radical (unpaired) electrons. The molecule has 1 aliphatic carbocycles. The van der Waals surface area contributed by atoms with Crippen molar-refractivity contribution in [2.24, 2.45) is 5.92 Å². The summed E-state index contributed by atoms with van der Waals surface area (Å²) in [6.07, 6.45) is 10.6. The van der Waals surface area contributed by atoms with E-state index in [-0.39, 0.29) is 11.7 Å². The average Bonchev–Trinajstić information content (AvgIpc) is 2.81. The average molecular weight is 314 g/mol. The van der Waals surface area contributed by atoms with Gasteiger partial charge in [0.05, 0.1) is 24.9 Å². The number of fused-ring (bicyclic) bond motifs is 1. The Kier molecular flexibility index (Phi) is 4.04. The van der Waals surface area contributed by atoms with Crippen LogP contribution < -0.4 is 0 Å². The number of ether oxygens (including phenoxy) is 3. The monoisotopic (exact) mass is 314 g/mol. The quantitative estimate of drug-likeness (QED) is 0.772. The SMILES string of the molecule is COC[C@]12C=CC3CCCC[C@@]3(C[C@H]1OCc1ccccc1)O2. The molecular weight excluding hydrogens is 288 g/mol. The number of rotatable bonds is 5. The van der Waals surface area contributed by atoms with E-state index in [0.29, 0.717) is 19.1 Å². The molecule has 3 aliphatic rings. The first-order valence-corrected chi connectivity index (χ1v) is 8.80. The zero-order valence-corrected chi connectivity index (χ0v) is 13.9. The molecule has 0 N–H and O–H groups in total. The van der Waals surface area contributed by atoms with Gasteiger partial charge in [-0.3, -0.25) is 0 Å². The third-order valence-corrected chi connectivity index (χ3v) is 5.78. The second-order valence-corrected chi connectivity index (χ2v) is 7.26. The van der Waals surface area contributed by atoms with Gasteiger partial charge in [0, 0.05) is 19.4 Å². The third kappa shape index (κ3) is 2.65. The fraction of sp³-hybridized carbons (Fsp3) is 0.600. The number of benzene rings is 1. The summed E-state index contributed by atoms with van der Waals surface area (Å²) in [4.78, 5) is 0. The third-order valence-electron chi connectivity index (χ3n) is 5.78. The van der Waals surface area contributed by atoms with Crippen LogP contribution in [0.5, 0.6) is 0 Å². The van der Waals surface area contributed by atoms with Gasteiger partial charge in [-0.2, -0.15) is 0 Å². The summed E-state index contributed by atoms with van der Waals surface area (Å²) >= 11 is 0. The van der Waals surface area contributed by atoms with Crippen molar-refractivity contribution in [1.82, 2.24) is 0 Å². The molecule has 3 nitrogen and oxygen atoms in total. The Morgan fingerprint density at radius 3 is 2.91 bits per heavy atom. The molecular formula is C20H26O3. The van der Waals surface area contributed by atoms with Gasteiger partial charge >= 0.3 is 0 Å². The van der Waals surface area contributed by atoms with Crippen LogP contribution in [-0.2, 0) is 20.8 Å². The lowest BCUT2D eigenvalue weighted by molar-refractivity contribution is -0.164. The van der Waals surface area contributed by atoms with Gasteiger partial charge < -0.3 is 14.2 Å². The van der Waals surface area contributed by atoms with E-state index >= 15 is 0 Å². The Morgan fingerprint density at radius 2 is 2.09 bits per heavy atom. The highest BCUT2D eigenvalue weighted by Gasteiger charge is 2.60. The molecule has 1 aromatic carbocycles. The molecule has 3 heteroatoms. The van der Waals surface area contributed by atoms with Gasteiger partial charge in [-0.1, -0.05) is 55.3 Å². The Hall–Kier alpha value is -1.16. The van der Waals surface area contributed by atoms with Crippen molar-refractivity contribution in [2.45, 2.75) is 56.0 Å². The van der Waals surface area contributed by atoms with Gasteiger partial charge in [0.2, 0.25) is 0 Å². The summed E-state index contributed by atoms with van der Waals surface area (Å²) in [6, 6.07) is 10.4. The molecule has 1 spiro atoms. The van der Waals surface area contributed by atoms with Crippen LogP contribution >= 0.6 is 0 Å². The highest BCUT2D eigenvalue weighted by Crippen LogP contribution is 2.54. The van der Waals surface area contributed by atoms with E-state index in [4.69, 9.17) is 14.2 Å². The minimum Gasteiger partial charge on any atom is -0.381 e. The van der Waals surface area contributed by atoms with E-state index in [2.05, 4.69) is 36.4 Å². The van der Waals surface area contributed by atoms with Crippen molar-refractivity contribution in [2.75, 3.05) is 13.7 Å². The van der Waals surface area contributed by atoms with E-state index in [0.717, 1.165) is 12.8 Å². The fourth-order valence-electron chi connectivity index (χ4n) is 4.65. The molecule has 1 saturated carbocycles. The lowest BCUT2D eigenvalue weighted by atomic mass is 9.74. The smallest absolute Gasteiger partial charge is 0.136 e. The van der Waals surface area contributed by atoms with Crippen molar-refractivity contribution < 1.29 is 14.2 Å². The van der Waals surface area contributed by atoms with Crippen LogP contribution in [-0.4, -0.2) is 31.0 Å².